The van der Waals surface area contributed by atoms with Crippen LogP contribution in [0.25, 0.3) is 0 Å². The van der Waals surface area contributed by atoms with E-state index in [1.807, 2.05) is 0 Å². The lowest BCUT2D eigenvalue weighted by Gasteiger charge is -2.15. The Kier molecular flexibility index (Phi) is 7.00. The van der Waals surface area contributed by atoms with Crippen molar-refractivity contribution >= 4 is 17.7 Å². The smallest absolute Gasteiger partial charge is 0.260 e. The van der Waals surface area contributed by atoms with Crippen molar-refractivity contribution in [3.63, 3.8) is 0 Å². The molecule has 0 aliphatic carbocycles. The summed E-state index contributed by atoms with van der Waals surface area (Å²) in [6.07, 6.45) is -0.539. The minimum Gasteiger partial charge on any atom is -0.497 e. The van der Waals surface area contributed by atoms with Gasteiger partial charge in [-0.15, -0.1) is 11.8 Å². The molecule has 2 aromatic carbocycles. The van der Waals surface area contributed by atoms with Crippen LogP contribution in [0.5, 0.6) is 11.5 Å². The molecule has 0 heterocycles. The van der Waals surface area contributed by atoms with E-state index < -0.39 is 6.10 Å². The summed E-state index contributed by atoms with van der Waals surface area (Å²) in [5.74, 6) is 2.11. The first-order valence-electron chi connectivity index (χ1n) is 7.86. The highest BCUT2D eigenvalue weighted by atomic mass is 32.2. The molecule has 2 aromatic rings. The van der Waals surface area contributed by atoms with Gasteiger partial charge in [-0.25, -0.2) is 0 Å². The van der Waals surface area contributed by atoms with E-state index in [1.165, 1.54) is 10.5 Å². The third-order valence-electron chi connectivity index (χ3n) is 3.43. The fourth-order valence-corrected chi connectivity index (χ4v) is 2.80. The van der Waals surface area contributed by atoms with E-state index in [1.54, 1.807) is 50.1 Å². The fraction of sp³-hybridized carbons (Fsp3) is 0.316. The van der Waals surface area contributed by atoms with Crippen LogP contribution >= 0.6 is 11.8 Å². The first-order chi connectivity index (χ1) is 11.6. The zero-order valence-electron chi connectivity index (χ0n) is 14.2. The number of carbonyl (C=O) groups excluding carboxylic acids is 1. The predicted octanol–water partition coefficient (Wildman–Crippen LogP) is 3.68. The molecule has 0 radical (unpaired) electrons. The highest BCUT2D eigenvalue weighted by Gasteiger charge is 2.14. The van der Waals surface area contributed by atoms with Gasteiger partial charge in [-0.3, -0.25) is 4.79 Å². The number of amides is 1. The van der Waals surface area contributed by atoms with Crippen LogP contribution in [0.3, 0.4) is 0 Å². The standard InChI is InChI=1S/C19H23NO3S/c1-14-4-10-18(11-5-14)24-13-12-20-19(21)15(2)23-17-8-6-16(22-3)7-9-17/h4-11,15H,12-13H2,1-3H3,(H,20,21). The van der Waals surface area contributed by atoms with Crippen LogP contribution in [0.2, 0.25) is 0 Å². The maximum atomic E-state index is 12.1. The summed E-state index contributed by atoms with van der Waals surface area (Å²) >= 11 is 1.72. The second-order valence-electron chi connectivity index (χ2n) is 5.39. The quantitative estimate of drug-likeness (QED) is 0.586. The lowest BCUT2D eigenvalue weighted by Crippen LogP contribution is -2.37. The third-order valence-corrected chi connectivity index (χ3v) is 4.45. The van der Waals surface area contributed by atoms with Crippen molar-refractivity contribution in [2.24, 2.45) is 0 Å². The van der Waals surface area contributed by atoms with Crippen LogP contribution in [-0.2, 0) is 4.79 Å². The minimum absolute atomic E-state index is 0.115. The number of nitrogens with one attached hydrogen (secondary N) is 1. The van der Waals surface area contributed by atoms with Gasteiger partial charge in [0, 0.05) is 17.2 Å². The van der Waals surface area contributed by atoms with Crippen molar-refractivity contribution in [3.8, 4) is 11.5 Å². The Labute approximate surface area is 147 Å². The molecule has 0 saturated heterocycles. The summed E-state index contributed by atoms with van der Waals surface area (Å²) in [6, 6.07) is 15.5. The van der Waals surface area contributed by atoms with Gasteiger partial charge in [-0.2, -0.15) is 0 Å². The molecule has 4 nitrogen and oxygen atoms in total. The molecule has 1 N–H and O–H groups in total. The summed E-state index contributed by atoms with van der Waals surface area (Å²) in [5, 5.41) is 2.90. The van der Waals surface area contributed by atoms with Crippen LogP contribution in [0.15, 0.2) is 53.4 Å². The van der Waals surface area contributed by atoms with Crippen LogP contribution in [0, 0.1) is 6.92 Å². The van der Waals surface area contributed by atoms with Gasteiger partial charge >= 0.3 is 0 Å². The molecule has 1 amide bonds. The molecule has 128 valence electrons. The van der Waals surface area contributed by atoms with Crippen molar-refractivity contribution in [2.45, 2.75) is 24.8 Å². The van der Waals surface area contributed by atoms with Crippen LogP contribution in [0.1, 0.15) is 12.5 Å². The molecule has 0 aromatic heterocycles. The molecule has 5 heteroatoms. The molecule has 0 saturated carbocycles. The van der Waals surface area contributed by atoms with Crippen molar-refractivity contribution in [1.82, 2.24) is 5.32 Å². The van der Waals surface area contributed by atoms with Gasteiger partial charge in [0.05, 0.1) is 7.11 Å². The molecular formula is C19H23NO3S. The van der Waals surface area contributed by atoms with E-state index in [4.69, 9.17) is 9.47 Å². The Morgan fingerprint density at radius 3 is 2.33 bits per heavy atom. The fourth-order valence-electron chi connectivity index (χ4n) is 2.03. The molecule has 0 aliphatic heterocycles. The summed E-state index contributed by atoms with van der Waals surface area (Å²) in [6.45, 7) is 4.42. The van der Waals surface area contributed by atoms with Crippen molar-refractivity contribution in [3.05, 3.63) is 54.1 Å². The normalized spacial score (nSPS) is 11.6. The Bertz CT molecular complexity index is 641. The Morgan fingerprint density at radius 2 is 1.71 bits per heavy atom. The van der Waals surface area contributed by atoms with E-state index in [0.717, 1.165) is 11.5 Å². The summed E-state index contributed by atoms with van der Waals surface area (Å²) in [5.41, 5.74) is 1.25. The number of methoxy groups -OCH3 is 1. The maximum Gasteiger partial charge on any atom is 0.260 e. The number of hydrogen-bond donors (Lipinski definition) is 1. The van der Waals surface area contributed by atoms with Gasteiger partial charge in [0.25, 0.3) is 5.91 Å². The van der Waals surface area contributed by atoms with Crippen LogP contribution in [-0.4, -0.2) is 31.4 Å². The number of benzene rings is 2. The van der Waals surface area contributed by atoms with Crippen molar-refractivity contribution in [2.75, 3.05) is 19.4 Å². The molecule has 24 heavy (non-hydrogen) atoms. The zero-order valence-corrected chi connectivity index (χ0v) is 15.1. The molecule has 0 spiro atoms. The third kappa shape index (κ3) is 5.81. The van der Waals surface area contributed by atoms with E-state index in [9.17, 15) is 4.79 Å². The highest BCUT2D eigenvalue weighted by molar-refractivity contribution is 7.99. The average Bonchev–Trinajstić information content (AvgIpc) is 2.60. The minimum atomic E-state index is -0.539. The SMILES string of the molecule is COc1ccc(OC(C)C(=O)NCCSc2ccc(C)cc2)cc1. The number of carbonyl (C=O) groups is 1. The Hall–Kier alpha value is -2.14. The number of rotatable bonds is 8. The van der Waals surface area contributed by atoms with Gasteiger partial charge in [-0.05, 0) is 50.2 Å². The number of ether oxygens (including phenoxy) is 2. The average molecular weight is 345 g/mol. The van der Waals surface area contributed by atoms with Crippen LogP contribution in [0.4, 0.5) is 0 Å². The second-order valence-corrected chi connectivity index (χ2v) is 6.56. The predicted molar refractivity (Wildman–Crippen MR) is 98.0 cm³/mol. The molecule has 0 aliphatic rings. The summed E-state index contributed by atoms with van der Waals surface area (Å²) in [7, 11) is 1.61. The molecule has 0 fully saturated rings. The van der Waals surface area contributed by atoms with Gasteiger partial charge in [-0.1, -0.05) is 17.7 Å². The van der Waals surface area contributed by atoms with Gasteiger partial charge in [0.1, 0.15) is 11.5 Å². The topological polar surface area (TPSA) is 47.6 Å². The second kappa shape index (κ2) is 9.23. The largest absolute Gasteiger partial charge is 0.497 e. The zero-order chi connectivity index (χ0) is 17.4. The molecule has 1 atom stereocenters. The van der Waals surface area contributed by atoms with E-state index in [-0.39, 0.29) is 5.91 Å². The molecule has 0 bridgehead atoms. The van der Waals surface area contributed by atoms with E-state index in [0.29, 0.717) is 12.3 Å². The Morgan fingerprint density at radius 1 is 1.08 bits per heavy atom. The van der Waals surface area contributed by atoms with Gasteiger partial charge in [0.15, 0.2) is 6.10 Å². The van der Waals surface area contributed by atoms with Crippen LogP contribution < -0.4 is 14.8 Å². The molecule has 2 rings (SSSR count). The van der Waals surface area contributed by atoms with Gasteiger partial charge < -0.3 is 14.8 Å². The lowest BCUT2D eigenvalue weighted by molar-refractivity contribution is -0.127. The van der Waals surface area contributed by atoms with Gasteiger partial charge in [0.2, 0.25) is 0 Å². The Balaban J connectivity index is 1.70. The first kappa shape index (κ1) is 18.2. The summed E-state index contributed by atoms with van der Waals surface area (Å²) < 4.78 is 10.7. The highest BCUT2D eigenvalue weighted by Crippen LogP contribution is 2.19. The van der Waals surface area contributed by atoms with Crippen molar-refractivity contribution in [1.29, 1.82) is 0 Å². The number of aryl methyl sites for hydroxylation is 1. The summed E-state index contributed by atoms with van der Waals surface area (Å²) in [4.78, 5) is 13.3. The van der Waals surface area contributed by atoms with E-state index >= 15 is 0 Å². The maximum absolute atomic E-state index is 12.1. The molecule has 1 unspecified atom stereocenters. The monoisotopic (exact) mass is 345 g/mol. The van der Waals surface area contributed by atoms with Crippen molar-refractivity contribution < 1.29 is 14.3 Å². The number of thioether (sulfide) groups is 1. The lowest BCUT2D eigenvalue weighted by atomic mass is 10.2. The van der Waals surface area contributed by atoms with E-state index in [2.05, 4.69) is 36.5 Å². The first-order valence-corrected chi connectivity index (χ1v) is 8.85. The molecular weight excluding hydrogens is 322 g/mol. The number of hydrogen-bond acceptors (Lipinski definition) is 4.